The Morgan fingerprint density at radius 2 is 1.00 bits per heavy atom. The third kappa shape index (κ3) is 28.0. The van der Waals surface area contributed by atoms with E-state index < -0.39 is 75.7 Å². The van der Waals surface area contributed by atoms with Crippen molar-refractivity contribution >= 4 is 19.8 Å². The van der Waals surface area contributed by atoms with E-state index in [0.29, 0.717) is 37.9 Å². The first-order valence-corrected chi connectivity index (χ1v) is 25.3. The number of hydrogen-bond donors (Lipinski definition) is 6. The molecule has 5 unspecified atom stereocenters. The molecule has 1 aliphatic carbocycles. The zero-order valence-electron chi connectivity index (χ0n) is 39.1. The lowest BCUT2D eigenvalue weighted by Crippen LogP contribution is -2.64. The summed E-state index contributed by atoms with van der Waals surface area (Å²) in [5, 5.41) is 50.2. The van der Waals surface area contributed by atoms with Gasteiger partial charge in [-0.3, -0.25) is 18.6 Å². The van der Waals surface area contributed by atoms with Gasteiger partial charge in [-0.15, -0.1) is 0 Å². The van der Waals surface area contributed by atoms with E-state index in [4.69, 9.17) is 23.3 Å². The molecule has 2 fully saturated rings. The van der Waals surface area contributed by atoms with Gasteiger partial charge in [-0.25, -0.2) is 4.57 Å². The van der Waals surface area contributed by atoms with Crippen LogP contribution in [0.4, 0.5) is 0 Å². The molecule has 1 saturated heterocycles. The van der Waals surface area contributed by atoms with E-state index in [2.05, 4.69) is 92.8 Å². The molecule has 0 aromatic heterocycles. The molecule has 372 valence electrons. The highest BCUT2D eigenvalue weighted by Gasteiger charge is 2.51. The number of carbonyl (C=O) groups is 2. The van der Waals surface area contributed by atoms with Gasteiger partial charge in [-0.05, 0) is 89.9 Å². The Hall–Kier alpha value is -3.53. The quantitative estimate of drug-likeness (QED) is 0.0114. The zero-order chi connectivity index (χ0) is 48.3. The van der Waals surface area contributed by atoms with Crippen LogP contribution in [0.5, 0.6) is 0 Å². The van der Waals surface area contributed by atoms with Crippen LogP contribution in [0.3, 0.4) is 0 Å². The summed E-state index contributed by atoms with van der Waals surface area (Å²) in [5.41, 5.74) is 0. The second kappa shape index (κ2) is 36.5. The molecule has 1 aliphatic heterocycles. The van der Waals surface area contributed by atoms with Crippen molar-refractivity contribution in [2.45, 2.75) is 184 Å². The molecule has 15 heteroatoms. The van der Waals surface area contributed by atoms with Crippen LogP contribution < -0.4 is 0 Å². The number of rotatable bonds is 36. The highest BCUT2D eigenvalue weighted by Crippen LogP contribution is 2.47. The van der Waals surface area contributed by atoms with Gasteiger partial charge in [0.05, 0.1) is 18.8 Å². The Bertz CT molecular complexity index is 1630. The molecule has 6 N–H and O–H groups in total. The van der Waals surface area contributed by atoms with Crippen molar-refractivity contribution in [3.63, 3.8) is 0 Å². The summed E-state index contributed by atoms with van der Waals surface area (Å²) in [7, 11) is -5.16. The molecule has 14 nitrogen and oxygen atoms in total. The standard InChI is InChI=1S/C51H79O14P/c1-3-5-7-8-9-10-11-12-13-14-15-16-20-23-26-29-33-37-44(52)61-39-41(40-62-66(59,60)65-51-49(57)47(55)46(54)48(56)50(51)58)63-45(53)38-34-30-27-24-21-18-17-19-22-25-28-32-36-43-42(64-43)35-31-6-4-2/h6,9-10,12-13,15-16,18-19,21-23,26-28,30-32,41-43,46-51,54-58H,3-5,7-8,11,14,17,20,24-25,29,33-40H2,1-2H3,(H,59,60)/b10-9-,13-12-,16-15-,21-18-,22-19-,26-23-,30-27-,31-6-,32-28-/t41-,42?,43?,46?,47-,48+,49-,50-,51?/m1/s1. The Kier molecular flexibility index (Phi) is 32.4. The van der Waals surface area contributed by atoms with Gasteiger partial charge in [0.25, 0.3) is 0 Å². The largest absolute Gasteiger partial charge is 0.472 e. The van der Waals surface area contributed by atoms with Gasteiger partial charge in [0.15, 0.2) is 6.10 Å². The molecule has 2 rings (SSSR count). The van der Waals surface area contributed by atoms with Crippen LogP contribution in [-0.4, -0.2) is 111 Å². The van der Waals surface area contributed by atoms with Crippen molar-refractivity contribution in [2.75, 3.05) is 13.2 Å². The summed E-state index contributed by atoms with van der Waals surface area (Å²) in [6.07, 6.45) is 39.1. The van der Waals surface area contributed by atoms with Crippen LogP contribution in [-0.2, 0) is 37.4 Å². The maximum Gasteiger partial charge on any atom is 0.472 e. The molecule has 10 atom stereocenters. The molecule has 1 heterocycles. The van der Waals surface area contributed by atoms with Crippen LogP contribution in [0.15, 0.2) is 109 Å². The number of ether oxygens (including phenoxy) is 3. The lowest BCUT2D eigenvalue weighted by Gasteiger charge is -2.41. The fourth-order valence-electron chi connectivity index (χ4n) is 6.58. The van der Waals surface area contributed by atoms with Crippen LogP contribution >= 0.6 is 7.82 Å². The summed E-state index contributed by atoms with van der Waals surface area (Å²) in [6, 6.07) is 0. The molecule has 0 amide bonds. The number of phosphoric acid groups is 1. The Balaban J connectivity index is 1.76. The Morgan fingerprint density at radius 3 is 1.52 bits per heavy atom. The molecule has 0 bridgehead atoms. The minimum absolute atomic E-state index is 0.0503. The molecule has 0 spiro atoms. The number of aliphatic hydroxyl groups excluding tert-OH is 5. The van der Waals surface area contributed by atoms with E-state index in [-0.39, 0.29) is 12.8 Å². The van der Waals surface area contributed by atoms with Gasteiger partial charge < -0.3 is 44.6 Å². The first-order chi connectivity index (χ1) is 31.9. The zero-order valence-corrected chi connectivity index (χ0v) is 40.0. The average molecular weight is 947 g/mol. The number of esters is 2. The fourth-order valence-corrected chi connectivity index (χ4v) is 7.55. The van der Waals surface area contributed by atoms with E-state index in [1.165, 1.54) is 19.3 Å². The van der Waals surface area contributed by atoms with Gasteiger partial charge in [-0.1, -0.05) is 136 Å². The van der Waals surface area contributed by atoms with Crippen molar-refractivity contribution < 1.29 is 67.8 Å². The van der Waals surface area contributed by atoms with E-state index in [1.807, 2.05) is 30.4 Å². The molecule has 0 aromatic carbocycles. The molecular weight excluding hydrogens is 868 g/mol. The SMILES string of the molecule is CC/C=C\CC1OC1C/C=C\C/C=C\C/C=C\C/C=C\CCC(=O)O[C@H](COC(=O)CCC/C=C\C/C=C\C/C=C\C/C=C\CCCCC)COP(=O)(O)OC1[C@H](O)[C@H](O)C(O)[C@H](O)[C@H]1O. The van der Waals surface area contributed by atoms with Crippen LogP contribution in [0.25, 0.3) is 0 Å². The smallest absolute Gasteiger partial charge is 0.462 e. The number of aliphatic hydroxyl groups is 5. The van der Waals surface area contributed by atoms with E-state index in [9.17, 15) is 44.6 Å². The molecule has 1 saturated carbocycles. The maximum absolute atomic E-state index is 12.8. The Labute approximate surface area is 393 Å². The summed E-state index contributed by atoms with van der Waals surface area (Å²) in [4.78, 5) is 35.7. The van der Waals surface area contributed by atoms with Crippen molar-refractivity contribution in [1.29, 1.82) is 0 Å². The molecule has 66 heavy (non-hydrogen) atoms. The predicted molar refractivity (Wildman–Crippen MR) is 257 cm³/mol. The van der Waals surface area contributed by atoms with Crippen LogP contribution in [0, 0.1) is 0 Å². The summed E-state index contributed by atoms with van der Waals surface area (Å²) in [6.45, 7) is 3.03. The number of hydrogen-bond acceptors (Lipinski definition) is 13. The lowest BCUT2D eigenvalue weighted by atomic mass is 9.85. The van der Waals surface area contributed by atoms with Crippen LogP contribution in [0.1, 0.15) is 129 Å². The number of unbranched alkanes of at least 4 members (excludes halogenated alkanes) is 4. The average Bonchev–Trinajstić information content (AvgIpc) is 4.06. The Morgan fingerprint density at radius 1 is 0.545 bits per heavy atom. The van der Waals surface area contributed by atoms with E-state index >= 15 is 0 Å². The topological polar surface area (TPSA) is 222 Å². The number of epoxide rings is 1. The van der Waals surface area contributed by atoms with Crippen molar-refractivity contribution in [3.05, 3.63) is 109 Å². The molecular formula is C51H79O14P. The predicted octanol–water partition coefficient (Wildman–Crippen LogP) is 8.60. The molecule has 2 aliphatic rings. The maximum atomic E-state index is 12.8. The highest BCUT2D eigenvalue weighted by atomic mass is 31.2. The monoisotopic (exact) mass is 947 g/mol. The van der Waals surface area contributed by atoms with Crippen LogP contribution in [0.2, 0.25) is 0 Å². The second-order valence-electron chi connectivity index (χ2n) is 16.3. The van der Waals surface area contributed by atoms with Gasteiger partial charge in [0.1, 0.15) is 43.2 Å². The van der Waals surface area contributed by atoms with Crippen molar-refractivity contribution in [1.82, 2.24) is 0 Å². The number of phosphoric ester groups is 1. The molecule has 0 aromatic rings. The third-order valence-electron chi connectivity index (χ3n) is 10.5. The second-order valence-corrected chi connectivity index (χ2v) is 17.7. The normalized spacial score (nSPS) is 25.3. The number of carbonyl (C=O) groups excluding carboxylic acids is 2. The van der Waals surface area contributed by atoms with Gasteiger partial charge in [0.2, 0.25) is 0 Å². The lowest BCUT2D eigenvalue weighted by molar-refractivity contribution is -0.220. The fraction of sp³-hybridized carbons (Fsp3) is 0.608. The van der Waals surface area contributed by atoms with Gasteiger partial charge >= 0.3 is 19.8 Å². The first kappa shape index (κ1) is 58.6. The minimum Gasteiger partial charge on any atom is -0.462 e. The van der Waals surface area contributed by atoms with Crippen molar-refractivity contribution in [2.24, 2.45) is 0 Å². The summed E-state index contributed by atoms with van der Waals surface area (Å²) in [5.74, 6) is -1.28. The summed E-state index contributed by atoms with van der Waals surface area (Å²) < 4.78 is 39.1. The van der Waals surface area contributed by atoms with E-state index in [1.54, 1.807) is 0 Å². The van der Waals surface area contributed by atoms with Gasteiger partial charge in [-0.2, -0.15) is 0 Å². The highest BCUT2D eigenvalue weighted by molar-refractivity contribution is 7.47. The van der Waals surface area contributed by atoms with Gasteiger partial charge in [0, 0.05) is 12.8 Å². The summed E-state index contributed by atoms with van der Waals surface area (Å²) >= 11 is 0. The van der Waals surface area contributed by atoms with E-state index in [0.717, 1.165) is 57.8 Å². The van der Waals surface area contributed by atoms with Crippen molar-refractivity contribution in [3.8, 4) is 0 Å². The third-order valence-corrected chi connectivity index (χ3v) is 11.5. The minimum atomic E-state index is -5.16. The molecule has 0 radical (unpaired) electrons. The number of allylic oxidation sites excluding steroid dienone is 16. The first-order valence-electron chi connectivity index (χ1n) is 23.8.